The molecule has 5 nitrogen and oxygen atoms in total. The van der Waals surface area contributed by atoms with Gasteiger partial charge in [0.2, 0.25) is 0 Å². The number of nitrogens with one attached hydrogen (secondary N) is 1. The number of nitrogens with zero attached hydrogens (tertiary/aromatic N) is 2. The van der Waals surface area contributed by atoms with Crippen LogP contribution >= 0.6 is 35.0 Å². The van der Waals surface area contributed by atoms with E-state index in [4.69, 9.17) is 5.73 Å². The van der Waals surface area contributed by atoms with Crippen LogP contribution in [0.2, 0.25) is 0 Å². The lowest BCUT2D eigenvalue weighted by Gasteiger charge is -2.12. The Morgan fingerprint density at radius 1 is 1.24 bits per heavy atom. The first-order chi connectivity index (χ1) is 11.6. The zero-order valence-electron chi connectivity index (χ0n) is 13.2. The molecule has 2 aromatic heterocycles. The highest BCUT2D eigenvalue weighted by Crippen LogP contribution is 2.25. The normalized spacial score (nSPS) is 10.5. The lowest BCUT2D eigenvalue weighted by atomic mass is 10.2. The molecule has 0 spiro atoms. The van der Waals surface area contributed by atoms with Gasteiger partial charge >= 0.3 is 0 Å². The van der Waals surface area contributed by atoms with Crippen LogP contribution in [-0.4, -0.2) is 16.1 Å². The molecule has 3 N–H and O–H groups in total. The van der Waals surface area contributed by atoms with E-state index in [9.17, 15) is 9.18 Å². The van der Waals surface area contributed by atoms with Gasteiger partial charge < -0.3 is 15.6 Å². The Morgan fingerprint density at radius 2 is 2.04 bits per heavy atom. The van der Waals surface area contributed by atoms with Crippen molar-refractivity contribution in [2.24, 2.45) is 5.73 Å². The summed E-state index contributed by atoms with van der Waals surface area (Å²) in [5.41, 5.74) is 6.17. The number of hydrogen-bond acceptors (Lipinski definition) is 4. The Bertz CT molecular complexity index is 948. The molecule has 0 aliphatic carbocycles. The first kappa shape index (κ1) is 19.6. The van der Waals surface area contributed by atoms with Gasteiger partial charge in [0, 0.05) is 27.9 Å². The Kier molecular flexibility index (Phi) is 6.74. The summed E-state index contributed by atoms with van der Waals surface area (Å²) in [5.74, 6) is -0.377. The first-order valence-corrected chi connectivity index (χ1v) is 8.57. The first-order valence-electron chi connectivity index (χ1n) is 7.49. The summed E-state index contributed by atoms with van der Waals surface area (Å²) in [4.78, 5) is 16.9. The average Bonchev–Trinajstić information content (AvgIpc) is 2.57. The van der Waals surface area contributed by atoms with Gasteiger partial charge in [-0.25, -0.2) is 4.39 Å². The molecule has 25 heavy (non-hydrogen) atoms. The minimum Gasteiger partial charge on any atom is -0.351 e. The molecule has 0 aliphatic rings. The molecule has 0 fully saturated rings. The van der Waals surface area contributed by atoms with Crippen LogP contribution in [0.25, 0.3) is 10.8 Å². The number of aryl methyl sites for hydroxylation is 1. The van der Waals surface area contributed by atoms with Crippen LogP contribution in [0, 0.1) is 9.39 Å². The molecule has 8 heteroatoms. The van der Waals surface area contributed by atoms with Crippen molar-refractivity contribution in [3.63, 3.8) is 0 Å². The van der Waals surface area contributed by atoms with Gasteiger partial charge in [-0.3, -0.25) is 9.78 Å². The van der Waals surface area contributed by atoms with Gasteiger partial charge in [0.05, 0.1) is 23.0 Å². The number of fused-ring (bicyclic) bond motifs is 1. The summed E-state index contributed by atoms with van der Waals surface area (Å²) in [6.45, 7) is 1.06. The van der Waals surface area contributed by atoms with Crippen LogP contribution in [0.1, 0.15) is 6.42 Å². The summed E-state index contributed by atoms with van der Waals surface area (Å²) >= 11 is 2.05. The van der Waals surface area contributed by atoms with Gasteiger partial charge in [-0.2, -0.15) is 0 Å². The topological polar surface area (TPSA) is 72.9 Å². The number of hydrogen-bond donors (Lipinski definition) is 2. The van der Waals surface area contributed by atoms with E-state index in [0.717, 1.165) is 3.57 Å². The highest BCUT2D eigenvalue weighted by Gasteiger charge is 2.11. The summed E-state index contributed by atoms with van der Waals surface area (Å²) in [6.07, 6.45) is 5.61. The molecule has 0 radical (unpaired) electrons. The SMILES string of the molecule is Cl.NCCCn1ccc2cncc(Nc3ccc(I)cc3F)c2c1=O. The Labute approximate surface area is 164 Å². The lowest BCUT2D eigenvalue weighted by Crippen LogP contribution is -2.21. The van der Waals surface area contributed by atoms with Crippen LogP contribution in [0.4, 0.5) is 15.8 Å². The second-order valence-electron chi connectivity index (χ2n) is 5.36. The number of aromatic nitrogens is 2. The smallest absolute Gasteiger partial charge is 0.260 e. The Balaban J connectivity index is 0.00000225. The maximum atomic E-state index is 14.1. The molecule has 0 saturated carbocycles. The van der Waals surface area contributed by atoms with Crippen LogP contribution in [0.15, 0.2) is 47.7 Å². The molecular formula is C17H17ClFIN4O. The van der Waals surface area contributed by atoms with Crippen LogP contribution in [0.3, 0.4) is 0 Å². The predicted molar refractivity (Wildman–Crippen MR) is 109 cm³/mol. The van der Waals surface area contributed by atoms with Crippen LogP contribution in [-0.2, 0) is 6.54 Å². The lowest BCUT2D eigenvalue weighted by molar-refractivity contribution is 0.630. The number of benzene rings is 1. The number of nitrogens with two attached hydrogens (primary N) is 1. The van der Waals surface area contributed by atoms with Crippen LogP contribution < -0.4 is 16.6 Å². The standard InChI is InChI=1S/C17H16FIN4O.ClH/c18-13-8-12(19)2-3-14(13)22-15-10-21-9-11-4-7-23(6-1-5-20)17(24)16(11)15;/h2-4,7-10,22H,1,5-6,20H2;1H. The minimum atomic E-state index is -0.377. The molecule has 0 bridgehead atoms. The third-order valence-corrected chi connectivity index (χ3v) is 4.36. The second kappa shape index (κ2) is 8.59. The van der Waals surface area contributed by atoms with Gasteiger partial charge in [0.15, 0.2) is 0 Å². The van der Waals surface area contributed by atoms with Gasteiger partial charge in [-0.1, -0.05) is 0 Å². The zero-order chi connectivity index (χ0) is 17.1. The minimum absolute atomic E-state index is 0. The van der Waals surface area contributed by atoms with Crippen LogP contribution in [0.5, 0.6) is 0 Å². The van der Waals surface area contributed by atoms with E-state index in [1.807, 2.05) is 28.7 Å². The molecule has 132 valence electrons. The molecule has 0 unspecified atom stereocenters. The summed E-state index contributed by atoms with van der Waals surface area (Å²) < 4.78 is 16.5. The van der Waals surface area contributed by atoms with Crippen molar-refractivity contribution in [1.29, 1.82) is 0 Å². The molecule has 1 aromatic carbocycles. The van der Waals surface area contributed by atoms with Crippen molar-refractivity contribution in [1.82, 2.24) is 9.55 Å². The Hall–Kier alpha value is -1.71. The molecule has 3 rings (SSSR count). The van der Waals surface area contributed by atoms with Gasteiger partial charge in [-0.05, 0) is 59.8 Å². The zero-order valence-corrected chi connectivity index (χ0v) is 16.2. The van der Waals surface area contributed by atoms with Gasteiger partial charge in [0.25, 0.3) is 5.56 Å². The molecular weight excluding hydrogens is 458 g/mol. The molecule has 0 saturated heterocycles. The van der Waals surface area contributed by atoms with E-state index >= 15 is 0 Å². The van der Waals surface area contributed by atoms with E-state index in [1.54, 1.807) is 29.1 Å². The Morgan fingerprint density at radius 3 is 2.76 bits per heavy atom. The number of pyridine rings is 2. The van der Waals surface area contributed by atoms with Crippen molar-refractivity contribution in [3.8, 4) is 0 Å². The summed E-state index contributed by atoms with van der Waals surface area (Å²) in [7, 11) is 0. The fraction of sp³-hybridized carbons (Fsp3) is 0.176. The van der Waals surface area contributed by atoms with Gasteiger partial charge in [-0.15, -0.1) is 12.4 Å². The quantitative estimate of drug-likeness (QED) is 0.554. The third-order valence-electron chi connectivity index (χ3n) is 3.69. The van der Waals surface area contributed by atoms with Gasteiger partial charge in [0.1, 0.15) is 5.82 Å². The number of halogens is 3. The van der Waals surface area contributed by atoms with E-state index < -0.39 is 0 Å². The molecule has 0 amide bonds. The van der Waals surface area contributed by atoms with Crippen molar-refractivity contribution in [2.75, 3.05) is 11.9 Å². The monoisotopic (exact) mass is 474 g/mol. The number of rotatable bonds is 5. The van der Waals surface area contributed by atoms with E-state index in [2.05, 4.69) is 10.3 Å². The van der Waals surface area contributed by atoms with E-state index in [1.165, 1.54) is 12.3 Å². The summed E-state index contributed by atoms with van der Waals surface area (Å²) in [6, 6.07) is 6.70. The fourth-order valence-corrected chi connectivity index (χ4v) is 2.94. The predicted octanol–water partition coefficient (Wildman–Crippen LogP) is 3.65. The highest BCUT2D eigenvalue weighted by atomic mass is 127. The number of anilines is 2. The highest BCUT2D eigenvalue weighted by molar-refractivity contribution is 14.1. The second-order valence-corrected chi connectivity index (χ2v) is 6.60. The van der Waals surface area contributed by atoms with Crippen molar-refractivity contribution in [2.45, 2.75) is 13.0 Å². The van der Waals surface area contributed by atoms with E-state index in [-0.39, 0.29) is 23.8 Å². The summed E-state index contributed by atoms with van der Waals surface area (Å²) in [5, 5.41) is 4.18. The maximum absolute atomic E-state index is 14.1. The fourth-order valence-electron chi connectivity index (χ4n) is 2.49. The molecule has 0 aliphatic heterocycles. The van der Waals surface area contributed by atoms with Crippen molar-refractivity contribution in [3.05, 3.63) is 62.6 Å². The van der Waals surface area contributed by atoms with Crippen molar-refractivity contribution < 1.29 is 4.39 Å². The third kappa shape index (κ3) is 4.28. The van der Waals surface area contributed by atoms with Crippen molar-refractivity contribution >= 4 is 57.1 Å². The molecule has 3 aromatic rings. The molecule has 0 atom stereocenters. The largest absolute Gasteiger partial charge is 0.351 e. The maximum Gasteiger partial charge on any atom is 0.260 e. The molecule has 2 heterocycles. The average molecular weight is 475 g/mol. The van der Waals surface area contributed by atoms with E-state index in [0.29, 0.717) is 41.7 Å².